The lowest BCUT2D eigenvalue weighted by atomic mass is 9.83. The number of halogens is 9. The largest absolute Gasteiger partial charge is 0.490 e. The first kappa shape index (κ1) is 40.5. The van der Waals surface area contributed by atoms with Crippen molar-refractivity contribution in [2.24, 2.45) is 11.8 Å². The molecule has 4 heterocycles. The lowest BCUT2D eigenvalue weighted by Crippen LogP contribution is -2.41. The van der Waals surface area contributed by atoms with E-state index in [9.17, 15) is 44.3 Å². The van der Waals surface area contributed by atoms with Crippen molar-refractivity contribution in [3.8, 4) is 0 Å². The van der Waals surface area contributed by atoms with E-state index >= 15 is 0 Å². The third-order valence-electron chi connectivity index (χ3n) is 6.05. The van der Waals surface area contributed by atoms with Gasteiger partial charge in [0.05, 0.1) is 36.7 Å². The monoisotopic (exact) mass is 694 g/mol. The topological polar surface area (TPSA) is 179 Å². The second-order valence-electron chi connectivity index (χ2n) is 9.54. The fraction of sp³-hybridized carbons (Fsp3) is 0.462. The van der Waals surface area contributed by atoms with E-state index in [0.29, 0.717) is 18.3 Å². The van der Waals surface area contributed by atoms with Crippen LogP contribution in [0.3, 0.4) is 0 Å². The van der Waals surface area contributed by atoms with Gasteiger partial charge in [0, 0.05) is 31.4 Å². The third-order valence-corrected chi connectivity index (χ3v) is 6.05. The second kappa shape index (κ2) is 18.0. The highest BCUT2D eigenvalue weighted by Gasteiger charge is 2.42. The van der Waals surface area contributed by atoms with Crippen LogP contribution in [0.1, 0.15) is 18.5 Å². The van der Waals surface area contributed by atoms with Crippen molar-refractivity contribution >= 4 is 29.5 Å². The van der Waals surface area contributed by atoms with E-state index in [0.717, 1.165) is 44.0 Å². The van der Waals surface area contributed by atoms with Crippen LogP contribution in [-0.2, 0) is 30.5 Å². The number of nitrogens with zero attached hydrogens (tertiary/aromatic N) is 3. The molecule has 4 rings (SSSR count). The molecule has 2 aromatic rings. The lowest BCUT2D eigenvalue weighted by molar-refractivity contribution is -0.193. The Bertz CT molecular complexity index is 1240. The number of carbonyl (C=O) groups is 4. The maximum absolute atomic E-state index is 12.3. The van der Waals surface area contributed by atoms with Gasteiger partial charge in [0.25, 0.3) is 0 Å². The number of aliphatic carboxylic acids is 3. The molecule has 12 nitrogen and oxygen atoms in total. The van der Waals surface area contributed by atoms with Crippen molar-refractivity contribution < 1.29 is 78.7 Å². The van der Waals surface area contributed by atoms with Crippen molar-refractivity contribution in [1.29, 1.82) is 0 Å². The predicted molar refractivity (Wildman–Crippen MR) is 139 cm³/mol. The quantitative estimate of drug-likeness (QED) is 0.329. The van der Waals surface area contributed by atoms with Crippen molar-refractivity contribution in [3.05, 3.63) is 54.6 Å². The van der Waals surface area contributed by atoms with E-state index in [1.54, 1.807) is 12.4 Å². The second-order valence-corrected chi connectivity index (χ2v) is 9.54. The average molecular weight is 695 g/mol. The van der Waals surface area contributed by atoms with Gasteiger partial charge < -0.3 is 25.4 Å². The number of hydrogen-bond donors (Lipinski definition) is 4. The summed E-state index contributed by atoms with van der Waals surface area (Å²) in [6.45, 7) is 3.67. The zero-order chi connectivity index (χ0) is 36.0. The molecule has 0 aliphatic carbocycles. The van der Waals surface area contributed by atoms with Gasteiger partial charge in [-0.3, -0.25) is 19.7 Å². The Morgan fingerprint density at radius 2 is 1.40 bits per heavy atom. The maximum atomic E-state index is 12.3. The van der Waals surface area contributed by atoms with E-state index in [2.05, 4.69) is 26.3 Å². The summed E-state index contributed by atoms with van der Waals surface area (Å²) in [6.07, 6.45) is -8.55. The SMILES string of the molecule is O=C(C[C@@H]1OC[C@H]2CN(Cc3ccccn3)CC[C@H]21)Nc1cccnc1.O=C(O)C(F)(F)F.O=C(O)C(F)(F)F.O=C(O)C(F)(F)F. The average Bonchev–Trinajstić information content (AvgIpc) is 3.35. The van der Waals surface area contributed by atoms with Crippen molar-refractivity contribution in [2.45, 2.75) is 44.0 Å². The van der Waals surface area contributed by atoms with Gasteiger partial charge >= 0.3 is 36.4 Å². The minimum atomic E-state index is -5.08. The van der Waals surface area contributed by atoms with Gasteiger partial charge in [-0.1, -0.05) is 6.07 Å². The molecule has 47 heavy (non-hydrogen) atoms. The van der Waals surface area contributed by atoms with E-state index in [1.807, 2.05) is 30.5 Å². The van der Waals surface area contributed by atoms with Crippen LogP contribution < -0.4 is 5.32 Å². The van der Waals surface area contributed by atoms with Crippen LogP contribution in [0.15, 0.2) is 48.9 Å². The lowest BCUT2D eigenvalue weighted by Gasteiger charge is -2.35. The van der Waals surface area contributed by atoms with Crippen LogP contribution in [0.25, 0.3) is 0 Å². The molecule has 2 saturated heterocycles. The molecule has 1 amide bonds. The minimum absolute atomic E-state index is 0.000403. The molecule has 0 spiro atoms. The minimum Gasteiger partial charge on any atom is -0.475 e. The number of carboxylic acid groups (broad SMARTS) is 3. The van der Waals surface area contributed by atoms with Crippen LogP contribution in [0.5, 0.6) is 0 Å². The summed E-state index contributed by atoms with van der Waals surface area (Å²) in [6, 6.07) is 9.71. The Balaban J connectivity index is 0.000000430. The number of rotatable bonds is 5. The van der Waals surface area contributed by atoms with Gasteiger partial charge in [-0.05, 0) is 43.1 Å². The predicted octanol–water partition coefficient (Wildman–Crippen LogP) is 4.24. The molecule has 0 unspecified atom stereocenters. The Hall–Kier alpha value is -4.53. The van der Waals surface area contributed by atoms with Gasteiger partial charge in [0.2, 0.25) is 5.91 Å². The third kappa shape index (κ3) is 16.0. The summed E-state index contributed by atoms with van der Waals surface area (Å²) in [7, 11) is 0. The van der Waals surface area contributed by atoms with Crippen molar-refractivity contribution in [3.63, 3.8) is 0 Å². The van der Waals surface area contributed by atoms with Crippen LogP contribution in [-0.4, -0.2) is 98.3 Å². The zero-order valence-electron chi connectivity index (χ0n) is 23.7. The van der Waals surface area contributed by atoms with Crippen molar-refractivity contribution in [1.82, 2.24) is 14.9 Å². The smallest absolute Gasteiger partial charge is 0.475 e. The Morgan fingerprint density at radius 1 is 0.851 bits per heavy atom. The molecular weight excluding hydrogens is 667 g/mol. The summed E-state index contributed by atoms with van der Waals surface area (Å²) in [5.41, 5.74) is 1.84. The van der Waals surface area contributed by atoms with Crippen LogP contribution in [0, 0.1) is 11.8 Å². The molecular formula is C26H27F9N4O8. The summed E-state index contributed by atoms with van der Waals surface area (Å²) >= 11 is 0. The van der Waals surface area contributed by atoms with Crippen LogP contribution >= 0.6 is 0 Å². The zero-order valence-corrected chi connectivity index (χ0v) is 23.7. The summed E-state index contributed by atoms with van der Waals surface area (Å²) < 4.78 is 101. The van der Waals surface area contributed by atoms with E-state index in [1.165, 1.54) is 0 Å². The van der Waals surface area contributed by atoms with E-state index in [4.69, 9.17) is 34.4 Å². The number of likely N-dealkylation sites (tertiary alicyclic amines) is 1. The number of aromatic nitrogens is 2. The first-order chi connectivity index (χ1) is 21.6. The number of piperidine rings is 1. The number of ether oxygens (including phenoxy) is 1. The van der Waals surface area contributed by atoms with Gasteiger partial charge in [-0.15, -0.1) is 0 Å². The highest BCUT2D eigenvalue weighted by Crippen LogP contribution is 2.36. The Morgan fingerprint density at radius 3 is 1.85 bits per heavy atom. The van der Waals surface area contributed by atoms with Gasteiger partial charge in [0.1, 0.15) is 0 Å². The number of nitrogens with one attached hydrogen (secondary N) is 1. The molecule has 3 atom stereocenters. The number of carboxylic acids is 3. The van der Waals surface area contributed by atoms with E-state index < -0.39 is 36.4 Å². The summed E-state index contributed by atoms with van der Waals surface area (Å²) in [5.74, 6) is -7.30. The molecule has 2 aliphatic heterocycles. The standard InChI is InChI=1S/C20H24N4O2.3C2HF3O2/c25-20(23-16-5-3-7-21-11-16)10-19-18-6-9-24(12-15(18)14-26-19)13-17-4-1-2-8-22-17;3*3-2(4,5)1(6)7/h1-5,7-8,11,15,18-19H,6,9-10,12-14H2,(H,23,25);3*(H,6,7)/t15-,18-,19+;;;/m1.../s1. The molecule has 0 bridgehead atoms. The number of carbonyl (C=O) groups excluding carboxylic acids is 1. The van der Waals surface area contributed by atoms with Gasteiger partial charge in [0.15, 0.2) is 0 Å². The van der Waals surface area contributed by atoms with Gasteiger partial charge in [-0.2, -0.15) is 39.5 Å². The maximum Gasteiger partial charge on any atom is 0.490 e. The number of amides is 1. The Kier molecular flexibility index (Phi) is 15.5. The van der Waals surface area contributed by atoms with Crippen molar-refractivity contribution in [2.75, 3.05) is 25.0 Å². The first-order valence-electron chi connectivity index (χ1n) is 12.9. The molecule has 0 radical (unpaired) electrons. The highest BCUT2D eigenvalue weighted by molar-refractivity contribution is 5.90. The normalized spacial score (nSPS) is 19.2. The molecule has 21 heteroatoms. The molecule has 2 aromatic heterocycles. The number of alkyl halides is 9. The highest BCUT2D eigenvalue weighted by atomic mass is 19.4. The Labute approximate surface area is 259 Å². The number of pyridine rings is 2. The molecule has 4 N–H and O–H groups in total. The van der Waals surface area contributed by atoms with Crippen LogP contribution in [0.2, 0.25) is 0 Å². The number of hydrogen-bond acceptors (Lipinski definition) is 8. The fourth-order valence-corrected chi connectivity index (χ4v) is 4.07. The molecule has 2 fully saturated rings. The fourth-order valence-electron chi connectivity index (χ4n) is 4.07. The molecule has 0 aromatic carbocycles. The van der Waals surface area contributed by atoms with E-state index in [-0.39, 0.29) is 12.0 Å². The molecule has 0 saturated carbocycles. The van der Waals surface area contributed by atoms with Gasteiger partial charge in [-0.25, -0.2) is 14.4 Å². The number of anilines is 1. The molecule has 2 aliphatic rings. The first-order valence-corrected chi connectivity index (χ1v) is 12.9. The summed E-state index contributed by atoms with van der Waals surface area (Å²) in [4.78, 5) is 49.9. The molecule has 262 valence electrons. The number of fused-ring (bicyclic) bond motifs is 1. The summed E-state index contributed by atoms with van der Waals surface area (Å²) in [5, 5.41) is 24.3. The van der Waals surface area contributed by atoms with Crippen LogP contribution in [0.4, 0.5) is 45.2 Å².